The van der Waals surface area contributed by atoms with Gasteiger partial charge in [0.25, 0.3) is 0 Å². The molecular weight excluding hydrogens is 436 g/mol. The Morgan fingerprint density at radius 1 is 1.19 bits per heavy atom. The second-order valence-corrected chi connectivity index (χ2v) is 16.3. The van der Waals surface area contributed by atoms with Crippen molar-refractivity contribution in [1.29, 1.82) is 0 Å². The third-order valence-electron chi connectivity index (χ3n) is 7.59. The molecule has 0 aliphatic heterocycles. The molecule has 1 aromatic carbocycles. The number of rotatable bonds is 6. The molecule has 5 nitrogen and oxygen atoms in total. The lowest BCUT2D eigenvalue weighted by Crippen LogP contribution is -2.43. The van der Waals surface area contributed by atoms with Crippen molar-refractivity contribution in [2.75, 3.05) is 6.61 Å². The van der Waals surface area contributed by atoms with Crippen molar-refractivity contribution >= 4 is 31.0 Å². The van der Waals surface area contributed by atoms with Crippen LogP contribution in [0, 0.1) is 5.92 Å². The first-order chi connectivity index (χ1) is 15.1. The van der Waals surface area contributed by atoms with Gasteiger partial charge >= 0.3 is 0 Å². The van der Waals surface area contributed by atoms with Crippen LogP contribution in [0.25, 0.3) is 22.3 Å². The minimum absolute atomic E-state index is 0.261. The Hall–Kier alpha value is -1.76. The minimum atomic E-state index is -1.68. The summed E-state index contributed by atoms with van der Waals surface area (Å²) in [6, 6.07) is 6.21. The Kier molecular flexibility index (Phi) is 5.46. The van der Waals surface area contributed by atoms with Crippen LogP contribution in [0.4, 0.5) is 0 Å². The van der Waals surface area contributed by atoms with Crippen molar-refractivity contribution in [1.82, 2.24) is 19.7 Å². The largest absolute Gasteiger partial charge is 0.417 e. The summed E-state index contributed by atoms with van der Waals surface area (Å²) in [5, 5.41) is 5.94. The van der Waals surface area contributed by atoms with Crippen LogP contribution >= 0.6 is 11.6 Å². The molecule has 0 atom stereocenters. The Morgan fingerprint density at radius 2 is 1.94 bits per heavy atom. The van der Waals surface area contributed by atoms with Crippen LogP contribution in [0.5, 0.6) is 0 Å². The maximum Gasteiger partial charge on any atom is 0.191 e. The van der Waals surface area contributed by atoms with Crippen molar-refractivity contribution in [2.45, 2.75) is 76.5 Å². The molecule has 0 N–H and O–H groups in total. The molecule has 32 heavy (non-hydrogen) atoms. The average molecular weight is 469 g/mol. The predicted molar refractivity (Wildman–Crippen MR) is 133 cm³/mol. The summed E-state index contributed by atoms with van der Waals surface area (Å²) in [4.78, 5) is 9.47. The number of aromatic nitrogens is 4. The van der Waals surface area contributed by atoms with E-state index >= 15 is 0 Å². The minimum Gasteiger partial charge on any atom is -0.417 e. The summed E-state index contributed by atoms with van der Waals surface area (Å²) in [5.74, 6) is 1.19. The second-order valence-electron chi connectivity index (χ2n) is 11.1. The second kappa shape index (κ2) is 7.92. The fourth-order valence-electron chi connectivity index (χ4n) is 4.18. The molecule has 0 amide bonds. The molecule has 170 valence electrons. The molecule has 2 aliphatic carbocycles. The van der Waals surface area contributed by atoms with E-state index in [1.807, 2.05) is 24.4 Å². The molecule has 2 aliphatic rings. The van der Waals surface area contributed by atoms with Crippen molar-refractivity contribution < 1.29 is 4.43 Å². The monoisotopic (exact) mass is 468 g/mol. The lowest BCUT2D eigenvalue weighted by molar-refractivity contribution is 0.110. The fraction of sp³-hybridized carbons (Fsp3) is 0.560. The summed E-state index contributed by atoms with van der Waals surface area (Å²) in [6.07, 6.45) is 8.74. The standard InChI is InChI=1S/C25H33ClN4OSi/c1-25(2,3)32(4,5)31-15-16-11-18(12-16)30-14-19(23(29-30)17-9-10-17)22-13-27-24-20(26)7-6-8-21(24)28-22/h6-8,13-14,16-18H,9-12,15H2,1-5H3/t16-,18-. The molecule has 5 rings (SSSR count). The third-order valence-corrected chi connectivity index (χ3v) is 12.4. The summed E-state index contributed by atoms with van der Waals surface area (Å²) in [7, 11) is -1.68. The molecule has 2 aromatic heterocycles. The van der Waals surface area contributed by atoms with Crippen molar-refractivity contribution in [3.05, 3.63) is 41.3 Å². The first kappa shape index (κ1) is 22.1. The van der Waals surface area contributed by atoms with Crippen LogP contribution < -0.4 is 0 Å². The molecule has 0 spiro atoms. The molecule has 0 bridgehead atoms. The lowest BCUT2D eigenvalue weighted by atomic mass is 9.81. The van der Waals surface area contributed by atoms with Gasteiger partial charge in [0.05, 0.1) is 34.2 Å². The van der Waals surface area contributed by atoms with E-state index in [0.717, 1.165) is 41.7 Å². The molecule has 0 radical (unpaired) electrons. The highest BCUT2D eigenvalue weighted by Gasteiger charge is 2.40. The van der Waals surface area contributed by atoms with Crippen molar-refractivity contribution in [3.63, 3.8) is 0 Å². The van der Waals surface area contributed by atoms with Crippen LogP contribution in [0.2, 0.25) is 23.2 Å². The zero-order valence-electron chi connectivity index (χ0n) is 19.7. The highest BCUT2D eigenvalue weighted by molar-refractivity contribution is 6.74. The van der Waals surface area contributed by atoms with Gasteiger partial charge in [0.15, 0.2) is 8.32 Å². The number of fused-ring (bicyclic) bond motifs is 1. The normalized spacial score (nSPS) is 21.7. The number of halogens is 1. The highest BCUT2D eigenvalue weighted by Crippen LogP contribution is 2.46. The summed E-state index contributed by atoms with van der Waals surface area (Å²) < 4.78 is 8.65. The Bertz CT molecular complexity index is 1140. The lowest BCUT2D eigenvalue weighted by Gasteiger charge is -2.41. The molecular formula is C25H33ClN4OSi. The molecule has 2 heterocycles. The quantitative estimate of drug-likeness (QED) is 0.365. The van der Waals surface area contributed by atoms with Crippen molar-refractivity contribution in [2.24, 2.45) is 5.92 Å². The molecule has 3 aromatic rings. The molecule has 0 unspecified atom stereocenters. The van der Waals surface area contributed by atoms with Gasteiger partial charge in [-0.15, -0.1) is 0 Å². The van der Waals surface area contributed by atoms with E-state index < -0.39 is 8.32 Å². The zero-order valence-corrected chi connectivity index (χ0v) is 21.5. The van der Waals surface area contributed by atoms with Gasteiger partial charge in [0.2, 0.25) is 0 Å². The summed E-state index contributed by atoms with van der Waals surface area (Å²) in [6.45, 7) is 12.5. The van der Waals surface area contributed by atoms with Crippen LogP contribution in [-0.2, 0) is 4.43 Å². The zero-order chi connectivity index (χ0) is 22.7. The van der Waals surface area contributed by atoms with Gasteiger partial charge < -0.3 is 4.43 Å². The van der Waals surface area contributed by atoms with Crippen LogP contribution in [0.1, 0.15) is 64.1 Å². The molecule has 7 heteroatoms. The van der Waals surface area contributed by atoms with Gasteiger partial charge in [-0.2, -0.15) is 5.10 Å². The average Bonchev–Trinajstić information content (AvgIpc) is 3.45. The van der Waals surface area contributed by atoms with E-state index in [2.05, 4.69) is 49.7 Å². The maximum atomic E-state index is 6.46. The molecule has 2 fully saturated rings. The van der Waals surface area contributed by atoms with Gasteiger partial charge in [-0.25, -0.2) is 4.98 Å². The van der Waals surface area contributed by atoms with E-state index in [1.165, 1.54) is 18.5 Å². The molecule has 2 saturated carbocycles. The Balaban J connectivity index is 1.32. The number of hydrogen-bond donors (Lipinski definition) is 0. The van der Waals surface area contributed by atoms with Gasteiger partial charge in [0, 0.05) is 24.3 Å². The van der Waals surface area contributed by atoms with Gasteiger partial charge in [-0.3, -0.25) is 9.67 Å². The summed E-state index contributed by atoms with van der Waals surface area (Å²) >= 11 is 6.28. The number of hydrogen-bond acceptors (Lipinski definition) is 4. The summed E-state index contributed by atoms with van der Waals surface area (Å²) in [5.41, 5.74) is 4.78. The Morgan fingerprint density at radius 3 is 2.62 bits per heavy atom. The first-order valence-corrected chi connectivity index (χ1v) is 15.1. The van der Waals surface area contributed by atoms with Crippen molar-refractivity contribution in [3.8, 4) is 11.3 Å². The van der Waals surface area contributed by atoms with E-state index in [1.54, 1.807) is 0 Å². The van der Waals surface area contributed by atoms with Gasteiger partial charge in [0.1, 0.15) is 5.52 Å². The van der Waals surface area contributed by atoms with Crippen LogP contribution in [-0.4, -0.2) is 34.7 Å². The topological polar surface area (TPSA) is 52.8 Å². The van der Waals surface area contributed by atoms with Crippen LogP contribution in [0.3, 0.4) is 0 Å². The number of para-hydroxylation sites is 1. The number of nitrogens with zero attached hydrogens (tertiary/aromatic N) is 4. The smallest absolute Gasteiger partial charge is 0.191 e. The van der Waals surface area contributed by atoms with E-state index in [4.69, 9.17) is 26.1 Å². The van der Waals surface area contributed by atoms with E-state index in [-0.39, 0.29) is 5.04 Å². The number of benzene rings is 1. The van der Waals surface area contributed by atoms with E-state index in [9.17, 15) is 0 Å². The van der Waals surface area contributed by atoms with E-state index in [0.29, 0.717) is 22.9 Å². The Labute approximate surface area is 196 Å². The van der Waals surface area contributed by atoms with Gasteiger partial charge in [-0.1, -0.05) is 38.4 Å². The first-order valence-electron chi connectivity index (χ1n) is 11.8. The van der Waals surface area contributed by atoms with Gasteiger partial charge in [-0.05, 0) is 61.9 Å². The maximum absolute atomic E-state index is 6.46. The third kappa shape index (κ3) is 4.13. The SMILES string of the molecule is CC(C)(C)[Si](C)(C)OC[C@H]1C[C@H](n2cc(-c3cnc4c(Cl)cccc4n3)c(C3CC3)n2)C1. The predicted octanol–water partition coefficient (Wildman–Crippen LogP) is 7.00. The fourth-order valence-corrected chi connectivity index (χ4v) is 5.48. The molecule has 0 saturated heterocycles. The highest BCUT2D eigenvalue weighted by atomic mass is 35.5. The van der Waals surface area contributed by atoms with Crippen LogP contribution in [0.15, 0.2) is 30.6 Å².